The predicted molar refractivity (Wildman–Crippen MR) is 126 cm³/mol. The number of ether oxygens (including phenoxy) is 1. The second-order valence-corrected chi connectivity index (χ2v) is 11.5. The summed E-state index contributed by atoms with van der Waals surface area (Å²) in [6.45, 7) is 4.62. The van der Waals surface area contributed by atoms with Crippen LogP contribution in [0.5, 0.6) is 5.75 Å². The molecule has 2 saturated carbocycles. The van der Waals surface area contributed by atoms with Crippen LogP contribution in [0, 0.1) is 35.5 Å². The van der Waals surface area contributed by atoms with Crippen LogP contribution in [0.15, 0.2) is 18.2 Å². The van der Waals surface area contributed by atoms with Crippen LogP contribution in [-0.4, -0.2) is 33.6 Å². The van der Waals surface area contributed by atoms with E-state index in [1.54, 1.807) is 0 Å². The van der Waals surface area contributed by atoms with Gasteiger partial charge in [0.2, 0.25) is 0 Å². The SMILES string of the molecule is CC1(C)O[C@@]23CC[C@H]1[C@](N)(CCCO)[C@H]2C#CCc1cc(O)ccc1C[C@@H]1CCC[C@@H]3C1. The highest BCUT2D eigenvalue weighted by Crippen LogP contribution is 2.62. The third-order valence-electron chi connectivity index (χ3n) is 9.26. The number of aliphatic hydroxyl groups is 1. The molecule has 6 atom stereocenters. The number of benzene rings is 1. The van der Waals surface area contributed by atoms with Gasteiger partial charge in [-0.25, -0.2) is 0 Å². The highest BCUT2D eigenvalue weighted by atomic mass is 16.5. The lowest BCUT2D eigenvalue weighted by atomic mass is 9.48. The second kappa shape index (κ2) is 8.05. The maximum atomic E-state index is 10.1. The van der Waals surface area contributed by atoms with Crippen LogP contribution in [0.25, 0.3) is 0 Å². The van der Waals surface area contributed by atoms with E-state index in [0.717, 1.165) is 37.7 Å². The van der Waals surface area contributed by atoms with Gasteiger partial charge in [0.05, 0.1) is 17.1 Å². The normalized spacial score (nSPS) is 39.8. The molecular weight excluding hydrogens is 398 g/mol. The number of nitrogens with two attached hydrogens (primary N) is 1. The molecule has 1 aromatic rings. The Labute approximate surface area is 192 Å². The molecule has 1 aromatic carbocycles. The van der Waals surface area contributed by atoms with Crippen molar-refractivity contribution in [3.63, 3.8) is 0 Å². The van der Waals surface area contributed by atoms with Gasteiger partial charge in [-0.2, -0.15) is 0 Å². The maximum Gasteiger partial charge on any atom is 0.115 e. The van der Waals surface area contributed by atoms with Gasteiger partial charge in [0.25, 0.3) is 0 Å². The van der Waals surface area contributed by atoms with E-state index < -0.39 is 5.54 Å². The Bertz CT molecular complexity index is 930. The first-order valence-corrected chi connectivity index (χ1v) is 12.7. The van der Waals surface area contributed by atoms with Gasteiger partial charge in [-0.15, -0.1) is 0 Å². The fourth-order valence-electron chi connectivity index (χ4n) is 8.04. The summed E-state index contributed by atoms with van der Waals surface area (Å²) in [7, 11) is 0. The molecule has 1 spiro atoms. The number of phenolic OH excluding ortho intramolecular Hbond substituents is 1. The minimum atomic E-state index is -0.446. The average molecular weight is 438 g/mol. The van der Waals surface area contributed by atoms with Crippen molar-refractivity contribution in [1.29, 1.82) is 0 Å². The molecule has 174 valence electrons. The quantitative estimate of drug-likeness (QED) is 0.615. The van der Waals surface area contributed by atoms with Gasteiger partial charge in [0, 0.05) is 24.5 Å². The fourth-order valence-corrected chi connectivity index (χ4v) is 8.04. The minimum absolute atomic E-state index is 0.0177. The molecule has 4 fully saturated rings. The van der Waals surface area contributed by atoms with Crippen molar-refractivity contribution in [2.75, 3.05) is 6.61 Å². The number of rotatable bonds is 3. The number of aliphatic hydroxyl groups excluding tert-OH is 1. The maximum absolute atomic E-state index is 10.1. The zero-order chi connectivity index (χ0) is 22.6. The van der Waals surface area contributed by atoms with Gasteiger partial charge in [0.1, 0.15) is 5.75 Å². The van der Waals surface area contributed by atoms with Gasteiger partial charge >= 0.3 is 0 Å². The first-order chi connectivity index (χ1) is 15.3. The lowest BCUT2D eigenvalue weighted by molar-refractivity contribution is -0.305. The van der Waals surface area contributed by atoms with E-state index in [-0.39, 0.29) is 29.6 Å². The molecule has 0 amide bonds. The molecule has 6 rings (SSSR count). The van der Waals surface area contributed by atoms with Crippen LogP contribution in [0.2, 0.25) is 0 Å². The van der Waals surface area contributed by atoms with E-state index in [4.69, 9.17) is 10.5 Å². The highest BCUT2D eigenvalue weighted by molar-refractivity contribution is 5.39. The number of hydrogen-bond acceptors (Lipinski definition) is 4. The summed E-state index contributed by atoms with van der Waals surface area (Å²) in [6, 6.07) is 5.81. The van der Waals surface area contributed by atoms with Gasteiger partial charge in [0.15, 0.2) is 0 Å². The molecule has 4 bridgehead atoms. The molecule has 5 aliphatic rings. The topological polar surface area (TPSA) is 75.7 Å². The van der Waals surface area contributed by atoms with Gasteiger partial charge in [-0.3, -0.25) is 0 Å². The van der Waals surface area contributed by atoms with Crippen molar-refractivity contribution >= 4 is 0 Å². The zero-order valence-electron chi connectivity index (χ0n) is 19.7. The van der Waals surface area contributed by atoms with E-state index in [1.807, 2.05) is 12.1 Å². The Morgan fingerprint density at radius 2 is 2.03 bits per heavy atom. The lowest BCUT2D eigenvalue weighted by Crippen LogP contribution is -2.77. The summed E-state index contributed by atoms with van der Waals surface area (Å²) in [5.41, 5.74) is 8.82. The molecule has 32 heavy (non-hydrogen) atoms. The van der Waals surface area contributed by atoms with Crippen molar-refractivity contribution in [2.24, 2.45) is 29.4 Å². The summed E-state index contributed by atoms with van der Waals surface area (Å²) in [6.07, 6.45) is 10.2. The number of hydrogen-bond donors (Lipinski definition) is 3. The number of aromatic hydroxyl groups is 1. The van der Waals surface area contributed by atoms with Gasteiger partial charge in [-0.05, 0) is 93.9 Å². The van der Waals surface area contributed by atoms with Crippen molar-refractivity contribution in [1.82, 2.24) is 0 Å². The summed E-state index contributed by atoms with van der Waals surface area (Å²) < 4.78 is 7.11. The van der Waals surface area contributed by atoms with Crippen molar-refractivity contribution in [3.05, 3.63) is 29.3 Å². The summed E-state index contributed by atoms with van der Waals surface area (Å²) in [5.74, 6) is 8.81. The van der Waals surface area contributed by atoms with Crippen LogP contribution < -0.4 is 5.73 Å². The van der Waals surface area contributed by atoms with Crippen molar-refractivity contribution < 1.29 is 14.9 Å². The van der Waals surface area contributed by atoms with Crippen molar-refractivity contribution in [2.45, 2.75) is 94.8 Å². The van der Waals surface area contributed by atoms with E-state index in [9.17, 15) is 10.2 Å². The molecule has 4 nitrogen and oxygen atoms in total. The number of fused-ring (bicyclic) bond motifs is 5. The minimum Gasteiger partial charge on any atom is -0.508 e. The summed E-state index contributed by atoms with van der Waals surface area (Å²) in [5, 5.41) is 19.8. The van der Waals surface area contributed by atoms with E-state index in [2.05, 4.69) is 31.8 Å². The standard InChI is InChI=1S/C28H39NO3/c1-26(2)24-12-14-28(32-26)22-8-3-6-19(17-22)16-21-10-11-23(31)18-20(21)7-4-9-25(28)27(24,29)13-5-15-30/h10-11,18-19,22,24-25,30-31H,3,5-8,12-17,29H2,1-2H3/t19-,22+,24+,25+,27+,28+/m0/s1. The average Bonchev–Trinajstić information content (AvgIpc) is 2.76. The van der Waals surface area contributed by atoms with Gasteiger partial charge in [-0.1, -0.05) is 30.7 Å². The van der Waals surface area contributed by atoms with Crippen molar-refractivity contribution in [3.8, 4) is 17.6 Å². The molecule has 4 heteroatoms. The molecule has 2 saturated heterocycles. The molecular formula is C28H39NO3. The Morgan fingerprint density at radius 1 is 1.19 bits per heavy atom. The van der Waals surface area contributed by atoms with Crippen LogP contribution in [-0.2, 0) is 17.6 Å². The Hall–Kier alpha value is -1.54. The van der Waals surface area contributed by atoms with E-state index in [1.165, 1.54) is 24.8 Å². The van der Waals surface area contributed by atoms with Gasteiger partial charge < -0.3 is 20.7 Å². The Morgan fingerprint density at radius 3 is 2.81 bits per heavy atom. The first-order valence-electron chi connectivity index (χ1n) is 12.7. The second-order valence-electron chi connectivity index (χ2n) is 11.5. The van der Waals surface area contributed by atoms with Crippen LogP contribution in [0.4, 0.5) is 0 Å². The summed E-state index contributed by atoms with van der Waals surface area (Å²) in [4.78, 5) is 0. The first kappa shape index (κ1) is 22.3. The molecule has 0 unspecified atom stereocenters. The third-order valence-corrected chi connectivity index (χ3v) is 9.26. The molecule has 2 heterocycles. The van der Waals surface area contributed by atoms with E-state index in [0.29, 0.717) is 30.4 Å². The van der Waals surface area contributed by atoms with Crippen LogP contribution in [0.1, 0.15) is 76.3 Å². The smallest absolute Gasteiger partial charge is 0.115 e. The number of phenols is 1. The Balaban J connectivity index is 1.63. The molecule has 4 N–H and O–H groups in total. The molecule has 0 radical (unpaired) electrons. The van der Waals surface area contributed by atoms with Crippen LogP contribution in [0.3, 0.4) is 0 Å². The summed E-state index contributed by atoms with van der Waals surface area (Å²) >= 11 is 0. The fraction of sp³-hybridized carbons (Fsp3) is 0.714. The predicted octanol–water partition coefficient (Wildman–Crippen LogP) is 4.34. The molecule has 2 aliphatic heterocycles. The largest absolute Gasteiger partial charge is 0.508 e. The lowest BCUT2D eigenvalue weighted by Gasteiger charge is -2.68. The molecule has 0 aromatic heterocycles. The van der Waals surface area contributed by atoms with Crippen LogP contribution >= 0.6 is 0 Å². The third kappa shape index (κ3) is 3.49. The molecule has 3 aliphatic carbocycles. The monoisotopic (exact) mass is 437 g/mol. The Kier molecular flexibility index (Phi) is 5.60. The highest BCUT2D eigenvalue weighted by Gasteiger charge is 2.68. The zero-order valence-corrected chi connectivity index (χ0v) is 19.7. The van der Waals surface area contributed by atoms with E-state index >= 15 is 0 Å².